The molecule has 7 heteroatoms. The first-order valence-corrected chi connectivity index (χ1v) is 7.43. The number of carbonyl (C=O) groups excluding carboxylic acids is 1. The maximum absolute atomic E-state index is 11.9. The lowest BCUT2D eigenvalue weighted by Crippen LogP contribution is -2.35. The fourth-order valence-corrected chi connectivity index (χ4v) is 1.99. The Morgan fingerprint density at radius 1 is 1.45 bits per heavy atom. The molecule has 0 bridgehead atoms. The molecule has 7 nitrogen and oxygen atoms in total. The van der Waals surface area contributed by atoms with E-state index in [0.29, 0.717) is 31.1 Å². The highest BCUT2D eigenvalue weighted by atomic mass is 16.5. The van der Waals surface area contributed by atoms with E-state index in [-0.39, 0.29) is 17.4 Å². The van der Waals surface area contributed by atoms with E-state index in [9.17, 15) is 4.79 Å². The fraction of sp³-hybridized carbons (Fsp3) is 0.600. The summed E-state index contributed by atoms with van der Waals surface area (Å²) in [6, 6.07) is 0.0366. The predicted octanol–water partition coefficient (Wildman–Crippen LogP) is 1.70. The van der Waals surface area contributed by atoms with Crippen LogP contribution in [0.25, 0.3) is 0 Å². The molecular weight excluding hydrogens is 282 g/mol. The van der Waals surface area contributed by atoms with Gasteiger partial charge in [0.2, 0.25) is 11.8 Å². The molecule has 1 N–H and O–H groups in total. The van der Waals surface area contributed by atoms with E-state index in [0.717, 1.165) is 0 Å². The van der Waals surface area contributed by atoms with Crippen LogP contribution in [-0.2, 0) is 23.2 Å². The second kappa shape index (κ2) is 6.72. The van der Waals surface area contributed by atoms with Crippen LogP contribution in [0.15, 0.2) is 23.2 Å². The SMILES string of the molecule is CC(Cn1ccnc1)NC(=O)CCc1nc(C(C)(C)C)no1. The fourth-order valence-electron chi connectivity index (χ4n) is 1.99. The molecule has 120 valence electrons. The van der Waals surface area contributed by atoms with E-state index >= 15 is 0 Å². The third-order valence-electron chi connectivity index (χ3n) is 3.16. The predicted molar refractivity (Wildman–Crippen MR) is 81.2 cm³/mol. The van der Waals surface area contributed by atoms with Crippen LogP contribution in [0.4, 0.5) is 0 Å². The molecule has 0 radical (unpaired) electrons. The Labute approximate surface area is 130 Å². The van der Waals surface area contributed by atoms with Crippen molar-refractivity contribution in [2.45, 2.75) is 58.5 Å². The number of nitrogens with one attached hydrogen (secondary N) is 1. The van der Waals surface area contributed by atoms with Gasteiger partial charge in [-0.3, -0.25) is 4.79 Å². The molecule has 1 amide bonds. The van der Waals surface area contributed by atoms with Crippen LogP contribution in [0.3, 0.4) is 0 Å². The number of aryl methyl sites for hydroxylation is 1. The number of hydrogen-bond donors (Lipinski definition) is 1. The van der Waals surface area contributed by atoms with Gasteiger partial charge < -0.3 is 14.4 Å². The lowest BCUT2D eigenvalue weighted by molar-refractivity contribution is -0.121. The average Bonchev–Trinajstić information content (AvgIpc) is 3.05. The summed E-state index contributed by atoms with van der Waals surface area (Å²) in [5.41, 5.74) is -0.149. The molecule has 0 aliphatic carbocycles. The molecule has 0 saturated carbocycles. The highest BCUT2D eigenvalue weighted by molar-refractivity contribution is 5.76. The second-order valence-corrected chi connectivity index (χ2v) is 6.49. The smallest absolute Gasteiger partial charge is 0.227 e. The molecular formula is C15H23N5O2. The van der Waals surface area contributed by atoms with Crippen molar-refractivity contribution in [3.8, 4) is 0 Å². The Bertz CT molecular complexity index is 598. The van der Waals surface area contributed by atoms with Crippen molar-refractivity contribution < 1.29 is 9.32 Å². The summed E-state index contributed by atoms with van der Waals surface area (Å²) < 4.78 is 7.11. The Morgan fingerprint density at radius 3 is 2.82 bits per heavy atom. The van der Waals surface area contributed by atoms with Gasteiger partial charge in [-0.1, -0.05) is 25.9 Å². The van der Waals surface area contributed by atoms with E-state index in [2.05, 4.69) is 20.4 Å². The summed E-state index contributed by atoms with van der Waals surface area (Å²) in [7, 11) is 0. The third kappa shape index (κ3) is 4.68. The molecule has 2 rings (SSSR count). The zero-order valence-electron chi connectivity index (χ0n) is 13.5. The summed E-state index contributed by atoms with van der Waals surface area (Å²) in [4.78, 5) is 20.2. The minimum Gasteiger partial charge on any atom is -0.352 e. The van der Waals surface area contributed by atoms with Crippen molar-refractivity contribution >= 4 is 5.91 Å². The van der Waals surface area contributed by atoms with Gasteiger partial charge in [-0.25, -0.2) is 4.98 Å². The number of aromatic nitrogens is 4. The maximum Gasteiger partial charge on any atom is 0.227 e. The van der Waals surface area contributed by atoms with Gasteiger partial charge in [0.1, 0.15) is 0 Å². The Balaban J connectivity index is 1.76. The molecule has 2 heterocycles. The molecule has 1 unspecified atom stereocenters. The molecule has 0 aromatic carbocycles. The van der Waals surface area contributed by atoms with Gasteiger partial charge in [-0.15, -0.1) is 0 Å². The zero-order valence-corrected chi connectivity index (χ0v) is 13.5. The molecule has 0 spiro atoms. The van der Waals surface area contributed by atoms with Crippen LogP contribution in [0.5, 0.6) is 0 Å². The van der Waals surface area contributed by atoms with Crippen molar-refractivity contribution in [2.75, 3.05) is 0 Å². The van der Waals surface area contributed by atoms with Crippen LogP contribution < -0.4 is 5.32 Å². The van der Waals surface area contributed by atoms with E-state index < -0.39 is 0 Å². The Morgan fingerprint density at radius 2 is 2.23 bits per heavy atom. The summed E-state index contributed by atoms with van der Waals surface area (Å²) in [5, 5.41) is 6.90. The average molecular weight is 305 g/mol. The van der Waals surface area contributed by atoms with Crippen molar-refractivity contribution in [1.82, 2.24) is 25.0 Å². The third-order valence-corrected chi connectivity index (χ3v) is 3.16. The Kier molecular flexibility index (Phi) is 4.95. The highest BCUT2D eigenvalue weighted by Crippen LogP contribution is 2.18. The topological polar surface area (TPSA) is 85.8 Å². The van der Waals surface area contributed by atoms with Crippen LogP contribution in [-0.4, -0.2) is 31.6 Å². The number of nitrogens with zero attached hydrogens (tertiary/aromatic N) is 4. The summed E-state index contributed by atoms with van der Waals surface area (Å²) in [6.45, 7) is 8.72. The van der Waals surface area contributed by atoms with Gasteiger partial charge in [-0.2, -0.15) is 4.98 Å². The van der Waals surface area contributed by atoms with Gasteiger partial charge in [-0.05, 0) is 6.92 Å². The molecule has 2 aromatic rings. The molecule has 0 saturated heterocycles. The second-order valence-electron chi connectivity index (χ2n) is 6.49. The molecule has 22 heavy (non-hydrogen) atoms. The maximum atomic E-state index is 11.9. The van der Waals surface area contributed by atoms with Crippen molar-refractivity contribution in [3.63, 3.8) is 0 Å². The van der Waals surface area contributed by atoms with Gasteiger partial charge >= 0.3 is 0 Å². The molecule has 0 aliphatic rings. The lowest BCUT2D eigenvalue weighted by atomic mass is 9.96. The van der Waals surface area contributed by atoms with Crippen molar-refractivity contribution in [3.05, 3.63) is 30.4 Å². The molecule has 1 atom stereocenters. The van der Waals surface area contributed by atoms with Crippen molar-refractivity contribution in [1.29, 1.82) is 0 Å². The first kappa shape index (κ1) is 16.2. The van der Waals surface area contributed by atoms with Gasteiger partial charge in [0, 0.05) is 43.2 Å². The van der Waals surface area contributed by atoms with Crippen molar-refractivity contribution in [2.24, 2.45) is 0 Å². The summed E-state index contributed by atoms with van der Waals surface area (Å²) in [5.74, 6) is 1.14. The quantitative estimate of drug-likeness (QED) is 0.878. The number of carbonyl (C=O) groups is 1. The lowest BCUT2D eigenvalue weighted by Gasteiger charge is -2.14. The standard InChI is InChI=1S/C15H23N5O2/c1-11(9-20-8-7-16-10-20)17-12(21)5-6-13-18-14(19-22-13)15(2,3)4/h7-8,10-11H,5-6,9H2,1-4H3,(H,17,21). The molecule has 2 aromatic heterocycles. The van der Waals surface area contributed by atoms with E-state index in [1.54, 1.807) is 12.5 Å². The number of rotatable bonds is 6. The van der Waals surface area contributed by atoms with Gasteiger partial charge in [0.25, 0.3) is 0 Å². The largest absolute Gasteiger partial charge is 0.352 e. The van der Waals surface area contributed by atoms with E-state index in [1.165, 1.54) is 0 Å². The van der Waals surface area contributed by atoms with Gasteiger partial charge in [0.15, 0.2) is 5.82 Å². The summed E-state index contributed by atoms with van der Waals surface area (Å²) in [6.07, 6.45) is 6.11. The Hall–Kier alpha value is -2.18. The van der Waals surface area contributed by atoms with E-state index in [4.69, 9.17) is 4.52 Å². The normalized spacial score (nSPS) is 13.1. The van der Waals surface area contributed by atoms with Crippen LogP contribution in [0.1, 0.15) is 45.8 Å². The minimum absolute atomic E-state index is 0.0249. The summed E-state index contributed by atoms with van der Waals surface area (Å²) >= 11 is 0. The number of amides is 1. The first-order chi connectivity index (χ1) is 10.3. The molecule has 0 aliphatic heterocycles. The minimum atomic E-state index is -0.149. The van der Waals surface area contributed by atoms with Crippen LogP contribution in [0.2, 0.25) is 0 Å². The number of hydrogen-bond acceptors (Lipinski definition) is 5. The monoisotopic (exact) mass is 305 g/mol. The van der Waals surface area contributed by atoms with E-state index in [1.807, 2.05) is 38.5 Å². The first-order valence-electron chi connectivity index (χ1n) is 7.43. The number of imidazole rings is 1. The van der Waals surface area contributed by atoms with Crippen LogP contribution >= 0.6 is 0 Å². The zero-order chi connectivity index (χ0) is 16.2. The van der Waals surface area contributed by atoms with Crippen LogP contribution in [0, 0.1) is 0 Å². The van der Waals surface area contributed by atoms with Gasteiger partial charge in [0.05, 0.1) is 6.33 Å². The molecule has 0 fully saturated rings. The highest BCUT2D eigenvalue weighted by Gasteiger charge is 2.21.